The van der Waals surface area contributed by atoms with Crippen LogP contribution in [-0.4, -0.2) is 12.1 Å². The van der Waals surface area contributed by atoms with Crippen LogP contribution in [0, 0.1) is 5.41 Å². The van der Waals surface area contributed by atoms with Crippen LogP contribution in [0.3, 0.4) is 0 Å². The van der Waals surface area contributed by atoms with Gasteiger partial charge in [0, 0.05) is 0 Å². The summed E-state index contributed by atoms with van der Waals surface area (Å²) in [6, 6.07) is 0.181. The molecular formula is C9H16I2N2Pt. The molecule has 0 bridgehead atoms. The predicted molar refractivity (Wildman–Crippen MR) is 74.4 cm³/mol. The standard InChI is InChI=1S/C9H16N2.2HI.Pt/c10-7-3-1-5-9(7)6-2-4-8(9)11;;;/h7-8,10-11H,1-6H2;2*1H;/q-2;;;+4/p-2/t7-,8-,9?;;;/m0.../s1. The van der Waals surface area contributed by atoms with Crippen LogP contribution in [0.5, 0.6) is 0 Å². The van der Waals surface area contributed by atoms with Crippen molar-refractivity contribution in [3.05, 3.63) is 11.5 Å². The average Bonchev–Trinajstić information content (AvgIpc) is 2.66. The average molecular weight is 601 g/mol. The van der Waals surface area contributed by atoms with Crippen molar-refractivity contribution < 1.29 is 11.2 Å². The monoisotopic (exact) mass is 601 g/mol. The van der Waals surface area contributed by atoms with Gasteiger partial charge in [-0.2, -0.15) is 0 Å². The SMILES string of the molecule is [I][Pt+2][I].[NH-][C@H]1CCCC12CCC[C@@H]2[NH-]. The van der Waals surface area contributed by atoms with Crippen molar-refractivity contribution in [2.75, 3.05) is 0 Å². The summed E-state index contributed by atoms with van der Waals surface area (Å²) in [5.41, 5.74) is 15.9. The van der Waals surface area contributed by atoms with Gasteiger partial charge in [-0.3, -0.25) is 0 Å². The summed E-state index contributed by atoms with van der Waals surface area (Å²) in [7, 11) is 0. The van der Waals surface area contributed by atoms with Gasteiger partial charge in [-0.25, -0.2) is 0 Å². The zero-order valence-electron chi connectivity index (χ0n) is 7.97. The normalized spacial score (nSPS) is 34.6. The molecule has 5 heteroatoms. The molecule has 2 fully saturated rings. The smallest absolute Gasteiger partial charge is 0.0504 e. The van der Waals surface area contributed by atoms with E-state index in [4.69, 9.17) is 11.5 Å². The van der Waals surface area contributed by atoms with Crippen LogP contribution in [0.2, 0.25) is 0 Å². The van der Waals surface area contributed by atoms with E-state index in [-0.39, 0.29) is 17.5 Å². The molecule has 0 amide bonds. The third-order valence-electron chi connectivity index (χ3n) is 3.66. The van der Waals surface area contributed by atoms with E-state index >= 15 is 0 Å². The number of nitrogens with one attached hydrogen (secondary N) is 2. The molecule has 2 N–H and O–H groups in total. The Morgan fingerprint density at radius 1 is 1.00 bits per heavy atom. The third-order valence-corrected chi connectivity index (χ3v) is 3.66. The van der Waals surface area contributed by atoms with E-state index in [9.17, 15) is 0 Å². The van der Waals surface area contributed by atoms with Crippen LogP contribution in [0.15, 0.2) is 0 Å². The molecule has 0 aliphatic heterocycles. The van der Waals surface area contributed by atoms with E-state index in [2.05, 4.69) is 38.7 Å². The van der Waals surface area contributed by atoms with E-state index in [0.29, 0.717) is 11.2 Å². The van der Waals surface area contributed by atoms with Crippen molar-refractivity contribution >= 4 is 38.7 Å². The second-order valence-corrected chi connectivity index (χ2v) is 20.8. The van der Waals surface area contributed by atoms with E-state index in [1.807, 2.05) is 0 Å². The van der Waals surface area contributed by atoms with Gasteiger partial charge in [0.15, 0.2) is 0 Å². The Morgan fingerprint density at radius 2 is 1.36 bits per heavy atom. The topological polar surface area (TPSA) is 47.6 Å². The molecule has 0 aromatic rings. The molecule has 0 radical (unpaired) electrons. The molecule has 2 aliphatic carbocycles. The predicted octanol–water partition coefficient (Wildman–Crippen LogP) is 4.95. The first-order valence-electron chi connectivity index (χ1n) is 4.92. The Bertz CT molecular complexity index is 162. The van der Waals surface area contributed by atoms with Gasteiger partial charge in [0.2, 0.25) is 0 Å². The molecule has 14 heavy (non-hydrogen) atoms. The van der Waals surface area contributed by atoms with Crippen molar-refractivity contribution in [1.82, 2.24) is 0 Å². The molecule has 0 unspecified atom stereocenters. The molecule has 0 aromatic heterocycles. The van der Waals surface area contributed by atoms with Crippen molar-refractivity contribution in [3.63, 3.8) is 0 Å². The Kier molecular flexibility index (Phi) is 6.78. The van der Waals surface area contributed by atoms with Crippen LogP contribution < -0.4 is 0 Å². The largest absolute Gasteiger partial charge is 0.674 e. The zero-order chi connectivity index (χ0) is 10.6. The molecule has 2 atom stereocenters. The van der Waals surface area contributed by atoms with Crippen molar-refractivity contribution in [3.8, 4) is 0 Å². The van der Waals surface area contributed by atoms with E-state index in [1.54, 1.807) is 0 Å². The second-order valence-electron chi connectivity index (χ2n) is 4.17. The van der Waals surface area contributed by atoms with Crippen LogP contribution in [-0.2, 0) is 11.2 Å². The van der Waals surface area contributed by atoms with Crippen LogP contribution in [0.25, 0.3) is 11.5 Å². The Balaban J connectivity index is 0.000000293. The van der Waals surface area contributed by atoms with Crippen molar-refractivity contribution in [1.29, 1.82) is 0 Å². The Hall–Kier alpha value is 2.07. The summed E-state index contributed by atoms with van der Waals surface area (Å²) in [6.07, 6.45) is 6.82. The van der Waals surface area contributed by atoms with Gasteiger partial charge >= 0.3 is 49.9 Å². The van der Waals surface area contributed by atoms with Crippen LogP contribution >= 0.6 is 38.7 Å². The van der Waals surface area contributed by atoms with E-state index in [1.165, 1.54) is 12.8 Å². The van der Waals surface area contributed by atoms with Gasteiger partial charge in [-0.15, -0.1) is 12.1 Å². The number of hydrogen-bond donors (Lipinski definition) is 0. The summed E-state index contributed by atoms with van der Waals surface area (Å²) >= 11 is 5.30. The number of rotatable bonds is 0. The van der Waals surface area contributed by atoms with E-state index < -0.39 is 0 Å². The molecule has 2 saturated carbocycles. The molecule has 86 valence electrons. The van der Waals surface area contributed by atoms with Crippen LogP contribution in [0.4, 0.5) is 0 Å². The molecule has 2 rings (SSSR count). The molecule has 1 spiro atoms. The first-order valence-corrected chi connectivity index (χ1v) is 17.8. The van der Waals surface area contributed by atoms with Gasteiger partial charge in [0.25, 0.3) is 0 Å². The first kappa shape index (κ1) is 14.1. The Morgan fingerprint density at radius 3 is 1.57 bits per heavy atom. The van der Waals surface area contributed by atoms with Crippen LogP contribution in [0.1, 0.15) is 38.5 Å². The fraction of sp³-hybridized carbons (Fsp3) is 1.00. The van der Waals surface area contributed by atoms with Crippen molar-refractivity contribution in [2.45, 2.75) is 50.6 Å². The van der Waals surface area contributed by atoms with E-state index in [0.717, 1.165) is 25.7 Å². The molecule has 2 aliphatic rings. The van der Waals surface area contributed by atoms with Gasteiger partial charge in [-0.1, -0.05) is 43.9 Å². The minimum absolute atomic E-state index is 0.0903. The summed E-state index contributed by atoms with van der Waals surface area (Å²) in [5, 5.41) is 0. The third kappa shape index (κ3) is 3.05. The summed E-state index contributed by atoms with van der Waals surface area (Å²) in [5.74, 6) is 0. The summed E-state index contributed by atoms with van der Waals surface area (Å²) in [4.78, 5) is 0. The minimum atomic E-state index is 0.0903. The molecule has 0 aromatic carbocycles. The zero-order valence-corrected chi connectivity index (χ0v) is 14.6. The van der Waals surface area contributed by atoms with Gasteiger partial charge in [0.1, 0.15) is 0 Å². The molecular weight excluding hydrogens is 585 g/mol. The fourth-order valence-corrected chi connectivity index (χ4v) is 2.91. The summed E-state index contributed by atoms with van der Waals surface area (Å²) < 4.78 is 0. The first-order chi connectivity index (χ1) is 6.67. The summed E-state index contributed by atoms with van der Waals surface area (Å²) in [6.45, 7) is 0. The van der Waals surface area contributed by atoms with Crippen molar-refractivity contribution in [2.24, 2.45) is 5.41 Å². The number of halogens is 2. The maximum absolute atomic E-state index is 7.89. The molecule has 0 heterocycles. The quantitative estimate of drug-likeness (QED) is 0.353. The van der Waals surface area contributed by atoms with Gasteiger partial charge in [0.05, 0.1) is 0 Å². The number of hydrogen-bond acceptors (Lipinski definition) is 0. The van der Waals surface area contributed by atoms with Gasteiger partial charge in [-0.05, 0) is 0 Å². The fourth-order valence-electron chi connectivity index (χ4n) is 2.91. The maximum atomic E-state index is 7.89. The Labute approximate surface area is 116 Å². The minimum Gasteiger partial charge on any atom is -0.674 e. The molecule has 2 nitrogen and oxygen atoms in total. The maximum Gasteiger partial charge on any atom is -0.0504 e. The molecule has 0 saturated heterocycles. The van der Waals surface area contributed by atoms with Gasteiger partial charge < -0.3 is 11.5 Å². The second kappa shape index (κ2) is 6.72.